The number of amides is 2. The van der Waals surface area contributed by atoms with Crippen LogP contribution in [0.1, 0.15) is 13.3 Å². The fourth-order valence-corrected chi connectivity index (χ4v) is 4.04. The molecular formula is C21H19ClFN3O4S. The number of nitrogens with one attached hydrogen (secondary N) is 1. The highest BCUT2D eigenvalue weighted by Gasteiger charge is 2.37. The van der Waals surface area contributed by atoms with Crippen molar-refractivity contribution in [3.8, 4) is 0 Å². The summed E-state index contributed by atoms with van der Waals surface area (Å²) in [5.41, 5.74) is 0.873. The molecular weight excluding hydrogens is 445 g/mol. The van der Waals surface area contributed by atoms with Gasteiger partial charge in [0.05, 0.1) is 12.3 Å². The number of carbonyl (C=O) groups is 3. The molecule has 0 spiro atoms. The molecule has 3 rings (SSSR count). The summed E-state index contributed by atoms with van der Waals surface area (Å²) in [5.74, 6) is -1.87. The van der Waals surface area contributed by atoms with Gasteiger partial charge in [-0.15, -0.1) is 0 Å². The summed E-state index contributed by atoms with van der Waals surface area (Å²) in [5, 5.41) is 2.57. The highest BCUT2D eigenvalue weighted by Crippen LogP contribution is 2.30. The summed E-state index contributed by atoms with van der Waals surface area (Å²) >= 11 is 6.99. The van der Waals surface area contributed by atoms with Crippen molar-refractivity contribution in [2.24, 2.45) is 4.99 Å². The summed E-state index contributed by atoms with van der Waals surface area (Å²) in [6.07, 6.45) is -0.126. The van der Waals surface area contributed by atoms with Crippen LogP contribution in [0.25, 0.3) is 0 Å². The van der Waals surface area contributed by atoms with Gasteiger partial charge in [0, 0.05) is 17.1 Å². The van der Waals surface area contributed by atoms with Crippen LogP contribution in [0.3, 0.4) is 0 Å². The van der Waals surface area contributed by atoms with Gasteiger partial charge in [0.25, 0.3) is 0 Å². The van der Waals surface area contributed by atoms with Gasteiger partial charge < -0.3 is 10.1 Å². The monoisotopic (exact) mass is 463 g/mol. The van der Waals surface area contributed by atoms with E-state index in [4.69, 9.17) is 16.3 Å². The molecule has 1 N–H and O–H groups in total. The van der Waals surface area contributed by atoms with Crippen LogP contribution in [0.4, 0.5) is 15.8 Å². The second-order valence-electron chi connectivity index (χ2n) is 6.47. The van der Waals surface area contributed by atoms with E-state index in [0.717, 1.165) is 11.8 Å². The minimum Gasteiger partial charge on any atom is -0.465 e. The number of halogens is 2. The highest BCUT2D eigenvalue weighted by molar-refractivity contribution is 8.15. The lowest BCUT2D eigenvalue weighted by Gasteiger charge is -2.31. The van der Waals surface area contributed by atoms with Crippen molar-refractivity contribution in [3.63, 3.8) is 0 Å². The molecule has 31 heavy (non-hydrogen) atoms. The van der Waals surface area contributed by atoms with Gasteiger partial charge in [-0.2, -0.15) is 0 Å². The van der Waals surface area contributed by atoms with Crippen molar-refractivity contribution >= 4 is 57.7 Å². The molecule has 0 radical (unpaired) electrons. The average molecular weight is 464 g/mol. The zero-order chi connectivity index (χ0) is 22.4. The van der Waals surface area contributed by atoms with E-state index in [-0.39, 0.29) is 24.7 Å². The maximum absolute atomic E-state index is 13.2. The van der Waals surface area contributed by atoms with Crippen LogP contribution in [0, 0.1) is 5.82 Å². The summed E-state index contributed by atoms with van der Waals surface area (Å²) in [6, 6.07) is 12.0. The van der Waals surface area contributed by atoms with Crippen molar-refractivity contribution in [1.82, 2.24) is 4.90 Å². The molecule has 1 saturated heterocycles. The van der Waals surface area contributed by atoms with E-state index in [0.29, 0.717) is 16.4 Å². The zero-order valence-corrected chi connectivity index (χ0v) is 18.1. The fourth-order valence-electron chi connectivity index (χ4n) is 2.75. The summed E-state index contributed by atoms with van der Waals surface area (Å²) in [6.45, 7) is 1.50. The molecule has 7 nitrogen and oxygen atoms in total. The van der Waals surface area contributed by atoms with E-state index in [2.05, 4.69) is 10.3 Å². The van der Waals surface area contributed by atoms with Crippen LogP contribution in [-0.4, -0.2) is 46.3 Å². The van der Waals surface area contributed by atoms with Gasteiger partial charge >= 0.3 is 5.97 Å². The molecule has 0 saturated carbocycles. The Morgan fingerprint density at radius 1 is 1.29 bits per heavy atom. The van der Waals surface area contributed by atoms with Gasteiger partial charge in [0.15, 0.2) is 5.17 Å². The Morgan fingerprint density at radius 2 is 2.03 bits per heavy atom. The number of aliphatic imine (C=N–C) groups is 1. The molecule has 10 heteroatoms. The number of anilines is 1. The third kappa shape index (κ3) is 6.28. The Morgan fingerprint density at radius 3 is 2.71 bits per heavy atom. The summed E-state index contributed by atoms with van der Waals surface area (Å²) in [7, 11) is 0. The number of nitrogens with zero attached hydrogens (tertiary/aromatic N) is 2. The van der Waals surface area contributed by atoms with Crippen LogP contribution in [0.2, 0.25) is 5.02 Å². The van der Waals surface area contributed by atoms with Crippen molar-refractivity contribution in [1.29, 1.82) is 0 Å². The second-order valence-corrected chi connectivity index (χ2v) is 8.07. The minimum atomic E-state index is -0.774. The first-order valence-corrected chi connectivity index (χ1v) is 10.6. The molecule has 2 aromatic rings. The van der Waals surface area contributed by atoms with Gasteiger partial charge in [-0.3, -0.25) is 19.3 Å². The van der Waals surface area contributed by atoms with Gasteiger partial charge in [0.2, 0.25) is 11.8 Å². The lowest BCUT2D eigenvalue weighted by atomic mass is 10.2. The summed E-state index contributed by atoms with van der Waals surface area (Å²) in [4.78, 5) is 43.0. The Hall–Kier alpha value is -2.91. The number of rotatable bonds is 6. The molecule has 0 aliphatic carbocycles. The van der Waals surface area contributed by atoms with E-state index in [1.165, 1.54) is 29.2 Å². The maximum atomic E-state index is 13.2. The fraction of sp³-hybridized carbons (Fsp3) is 0.238. The van der Waals surface area contributed by atoms with Gasteiger partial charge in [-0.25, -0.2) is 9.38 Å². The molecule has 0 bridgehead atoms. The first kappa shape index (κ1) is 22.8. The first-order valence-electron chi connectivity index (χ1n) is 9.39. The predicted molar refractivity (Wildman–Crippen MR) is 118 cm³/mol. The van der Waals surface area contributed by atoms with Crippen LogP contribution in [0.15, 0.2) is 53.5 Å². The molecule has 1 heterocycles. The second kappa shape index (κ2) is 10.4. The van der Waals surface area contributed by atoms with E-state index in [1.807, 2.05) is 0 Å². The number of hydrogen-bond acceptors (Lipinski definition) is 6. The van der Waals surface area contributed by atoms with Crippen molar-refractivity contribution < 1.29 is 23.5 Å². The van der Waals surface area contributed by atoms with E-state index >= 15 is 0 Å². The van der Waals surface area contributed by atoms with Crippen LogP contribution < -0.4 is 5.32 Å². The van der Waals surface area contributed by atoms with Crippen molar-refractivity contribution in [2.45, 2.75) is 18.6 Å². The highest BCUT2D eigenvalue weighted by atomic mass is 35.5. The number of thioether (sulfide) groups is 1. The lowest BCUT2D eigenvalue weighted by Crippen LogP contribution is -2.47. The number of ether oxygens (including phenoxy) is 1. The van der Waals surface area contributed by atoms with Crippen molar-refractivity contribution in [3.05, 3.63) is 59.4 Å². The lowest BCUT2D eigenvalue weighted by molar-refractivity contribution is -0.146. The number of hydrogen-bond donors (Lipinski definition) is 1. The Balaban J connectivity index is 1.84. The van der Waals surface area contributed by atoms with E-state index < -0.39 is 28.9 Å². The maximum Gasteiger partial charge on any atom is 0.326 e. The Kier molecular flexibility index (Phi) is 7.64. The first-order chi connectivity index (χ1) is 14.9. The molecule has 0 aromatic heterocycles. The minimum absolute atomic E-state index is 0.126. The molecule has 1 aliphatic rings. The third-order valence-corrected chi connectivity index (χ3v) is 5.59. The molecule has 1 unspecified atom stereocenters. The summed E-state index contributed by atoms with van der Waals surface area (Å²) < 4.78 is 18.2. The number of amidine groups is 1. The largest absolute Gasteiger partial charge is 0.465 e. The molecule has 1 aliphatic heterocycles. The number of esters is 1. The van der Waals surface area contributed by atoms with Crippen LogP contribution >= 0.6 is 23.4 Å². The number of benzene rings is 2. The average Bonchev–Trinajstić information content (AvgIpc) is 2.72. The SMILES string of the molecule is CCOC(=O)CN1C(=O)CC(C(=O)Nc2cccc(Cl)c2)SC1=Nc1ccc(F)cc1. The topological polar surface area (TPSA) is 88.1 Å². The van der Waals surface area contributed by atoms with Crippen LogP contribution in [0.5, 0.6) is 0 Å². The number of carbonyl (C=O) groups excluding carboxylic acids is 3. The zero-order valence-electron chi connectivity index (χ0n) is 16.5. The smallest absolute Gasteiger partial charge is 0.326 e. The molecule has 2 aromatic carbocycles. The normalized spacial score (nSPS) is 17.5. The molecule has 1 fully saturated rings. The quantitative estimate of drug-likeness (QED) is 0.654. The van der Waals surface area contributed by atoms with Gasteiger partial charge in [-0.05, 0) is 49.4 Å². The van der Waals surface area contributed by atoms with Crippen molar-refractivity contribution in [2.75, 3.05) is 18.5 Å². The molecule has 162 valence electrons. The standard InChI is InChI=1S/C21H19ClFN3O4S/c1-2-30-19(28)12-26-18(27)11-17(20(29)24-16-5-3-4-13(22)10-16)31-21(26)25-15-8-6-14(23)7-9-15/h3-10,17H,2,11-12H2,1H3,(H,24,29). The van der Waals surface area contributed by atoms with Crippen LogP contribution in [-0.2, 0) is 19.1 Å². The molecule has 1 atom stereocenters. The Labute approximate surface area is 187 Å². The Bertz CT molecular complexity index is 1020. The van der Waals surface area contributed by atoms with Gasteiger partial charge in [0.1, 0.15) is 17.6 Å². The molecule has 2 amide bonds. The van der Waals surface area contributed by atoms with E-state index in [1.54, 1.807) is 31.2 Å². The van der Waals surface area contributed by atoms with E-state index in [9.17, 15) is 18.8 Å². The third-order valence-electron chi connectivity index (χ3n) is 4.17. The predicted octanol–water partition coefficient (Wildman–Crippen LogP) is 4.00. The van der Waals surface area contributed by atoms with Gasteiger partial charge in [-0.1, -0.05) is 29.4 Å².